The second-order valence-corrected chi connectivity index (χ2v) is 9.48. The van der Waals surface area contributed by atoms with Crippen molar-refractivity contribution in [2.75, 3.05) is 13.1 Å². The van der Waals surface area contributed by atoms with Crippen LogP contribution in [-0.2, 0) is 26.2 Å². The van der Waals surface area contributed by atoms with Crippen LogP contribution in [0.4, 0.5) is 8.78 Å². The van der Waals surface area contributed by atoms with Gasteiger partial charge in [-0.1, -0.05) is 17.3 Å². The standard InChI is InChI=1S/C20H22F2N4O5S/c1-12-18(13(2)31-24-12)32(28,29)25-9-7-14(8-10-25)19(27)30-11-17-23-15-5-3-4-6-16(15)26(17)20(21)22/h3-6,14,20H,7-11H2,1-2H3. The van der Waals surface area contributed by atoms with Gasteiger partial charge >= 0.3 is 12.5 Å². The molecule has 172 valence electrons. The summed E-state index contributed by atoms with van der Waals surface area (Å²) >= 11 is 0. The molecule has 0 radical (unpaired) electrons. The number of rotatable bonds is 6. The van der Waals surface area contributed by atoms with Crippen LogP contribution in [0.3, 0.4) is 0 Å². The van der Waals surface area contributed by atoms with Gasteiger partial charge in [-0.05, 0) is 38.8 Å². The SMILES string of the molecule is Cc1noc(C)c1S(=O)(=O)N1CCC(C(=O)OCc2nc3ccccc3n2C(F)F)CC1. The minimum absolute atomic E-state index is 0.0458. The quantitative estimate of drug-likeness (QED) is 0.511. The Bertz CT molecular complexity index is 1230. The number of alkyl halides is 2. The number of para-hydroxylation sites is 2. The zero-order valence-corrected chi connectivity index (χ0v) is 18.3. The third-order valence-electron chi connectivity index (χ3n) is 5.56. The maximum atomic E-state index is 13.5. The summed E-state index contributed by atoms with van der Waals surface area (Å²) in [4.78, 5) is 16.7. The Morgan fingerprint density at radius 3 is 2.56 bits per heavy atom. The molecule has 0 aliphatic carbocycles. The summed E-state index contributed by atoms with van der Waals surface area (Å²) < 4.78 is 65.1. The molecule has 1 aliphatic rings. The molecule has 32 heavy (non-hydrogen) atoms. The number of fused-ring (bicyclic) bond motifs is 1. The molecule has 1 fully saturated rings. The number of hydrogen-bond acceptors (Lipinski definition) is 7. The second kappa shape index (κ2) is 8.58. The number of halogens is 2. The fraction of sp³-hybridized carbons (Fsp3) is 0.450. The van der Waals surface area contributed by atoms with Crippen molar-refractivity contribution >= 4 is 27.0 Å². The van der Waals surface area contributed by atoms with Gasteiger partial charge in [-0.3, -0.25) is 9.36 Å². The molecular formula is C20H22F2N4O5S. The number of benzene rings is 1. The Labute approximate surface area is 183 Å². The van der Waals surface area contributed by atoms with Gasteiger partial charge in [0.1, 0.15) is 17.2 Å². The summed E-state index contributed by atoms with van der Waals surface area (Å²) in [7, 11) is -3.79. The van der Waals surface area contributed by atoms with E-state index in [2.05, 4.69) is 10.1 Å². The van der Waals surface area contributed by atoms with E-state index in [1.807, 2.05) is 0 Å². The second-order valence-electron chi connectivity index (χ2n) is 7.60. The molecule has 0 unspecified atom stereocenters. The van der Waals surface area contributed by atoms with Gasteiger partial charge in [-0.15, -0.1) is 0 Å². The lowest BCUT2D eigenvalue weighted by molar-refractivity contribution is -0.151. The van der Waals surface area contributed by atoms with Gasteiger partial charge in [-0.25, -0.2) is 13.4 Å². The molecule has 1 aliphatic heterocycles. The van der Waals surface area contributed by atoms with E-state index in [0.717, 1.165) is 4.57 Å². The maximum absolute atomic E-state index is 13.5. The van der Waals surface area contributed by atoms with Gasteiger partial charge in [0.25, 0.3) is 0 Å². The van der Waals surface area contributed by atoms with Gasteiger partial charge < -0.3 is 9.26 Å². The minimum atomic E-state index is -3.79. The molecule has 0 amide bonds. The first-order valence-corrected chi connectivity index (χ1v) is 11.5. The van der Waals surface area contributed by atoms with Crippen LogP contribution in [0, 0.1) is 19.8 Å². The Hall–Kier alpha value is -2.86. The minimum Gasteiger partial charge on any atom is -0.457 e. The summed E-state index contributed by atoms with van der Waals surface area (Å²) in [6.45, 7) is 0.122. The zero-order valence-electron chi connectivity index (χ0n) is 17.5. The van der Waals surface area contributed by atoms with Crippen LogP contribution in [-0.4, -0.2) is 46.5 Å². The molecule has 0 spiro atoms. The van der Waals surface area contributed by atoms with Crippen molar-refractivity contribution in [2.24, 2.45) is 5.92 Å². The highest BCUT2D eigenvalue weighted by Crippen LogP contribution is 2.29. The lowest BCUT2D eigenvalue weighted by Gasteiger charge is -2.29. The Morgan fingerprint density at radius 2 is 1.94 bits per heavy atom. The Balaban J connectivity index is 1.40. The highest BCUT2D eigenvalue weighted by molar-refractivity contribution is 7.89. The average Bonchev–Trinajstić information content (AvgIpc) is 3.31. The first-order chi connectivity index (χ1) is 15.2. The topological polar surface area (TPSA) is 108 Å². The number of carbonyl (C=O) groups is 1. The largest absolute Gasteiger partial charge is 0.457 e. The number of imidazole rings is 1. The molecule has 0 atom stereocenters. The van der Waals surface area contributed by atoms with Crippen molar-refractivity contribution in [3.05, 3.63) is 41.5 Å². The number of ether oxygens (including phenoxy) is 1. The predicted molar refractivity (Wildman–Crippen MR) is 108 cm³/mol. The molecule has 3 aromatic rings. The molecule has 12 heteroatoms. The van der Waals surface area contributed by atoms with Crippen LogP contribution < -0.4 is 0 Å². The Morgan fingerprint density at radius 1 is 1.25 bits per heavy atom. The number of hydrogen-bond donors (Lipinski definition) is 0. The van der Waals surface area contributed by atoms with Crippen LogP contribution in [0.1, 0.15) is 36.7 Å². The van der Waals surface area contributed by atoms with Crippen LogP contribution in [0.5, 0.6) is 0 Å². The number of aryl methyl sites for hydroxylation is 2. The number of nitrogens with zero attached hydrogens (tertiary/aromatic N) is 4. The van der Waals surface area contributed by atoms with E-state index in [1.54, 1.807) is 25.1 Å². The van der Waals surface area contributed by atoms with Crippen molar-refractivity contribution in [3.8, 4) is 0 Å². The van der Waals surface area contributed by atoms with Gasteiger partial charge in [0.05, 0.1) is 17.0 Å². The summed E-state index contributed by atoms with van der Waals surface area (Å²) in [5.41, 5.74) is 0.925. The smallest absolute Gasteiger partial charge is 0.320 e. The summed E-state index contributed by atoms with van der Waals surface area (Å²) in [5, 5.41) is 3.69. The number of esters is 1. The first-order valence-electron chi connectivity index (χ1n) is 10.0. The van der Waals surface area contributed by atoms with Gasteiger partial charge in [0.15, 0.2) is 11.6 Å². The van der Waals surface area contributed by atoms with E-state index in [-0.39, 0.29) is 53.6 Å². The van der Waals surface area contributed by atoms with Crippen molar-refractivity contribution in [1.29, 1.82) is 0 Å². The number of carbonyl (C=O) groups excluding carboxylic acids is 1. The van der Waals surface area contributed by atoms with Crippen LogP contribution >= 0.6 is 0 Å². The van der Waals surface area contributed by atoms with E-state index >= 15 is 0 Å². The lowest BCUT2D eigenvalue weighted by Crippen LogP contribution is -2.40. The predicted octanol–water partition coefficient (Wildman–Crippen LogP) is 3.18. The fourth-order valence-corrected chi connectivity index (χ4v) is 5.73. The number of aromatic nitrogens is 3. The van der Waals surface area contributed by atoms with Crippen LogP contribution in [0.2, 0.25) is 0 Å². The van der Waals surface area contributed by atoms with E-state index in [9.17, 15) is 22.0 Å². The third-order valence-corrected chi connectivity index (χ3v) is 7.70. The molecule has 0 N–H and O–H groups in total. The zero-order chi connectivity index (χ0) is 23.0. The molecule has 2 aromatic heterocycles. The number of sulfonamides is 1. The molecule has 0 bridgehead atoms. The van der Waals surface area contributed by atoms with E-state index in [1.165, 1.54) is 17.3 Å². The molecule has 1 saturated heterocycles. The average molecular weight is 468 g/mol. The highest BCUT2D eigenvalue weighted by Gasteiger charge is 2.36. The molecule has 3 heterocycles. The molecule has 4 rings (SSSR count). The summed E-state index contributed by atoms with van der Waals surface area (Å²) in [6.07, 6.45) is 0.513. The third kappa shape index (κ3) is 3.99. The first kappa shape index (κ1) is 22.3. The van der Waals surface area contributed by atoms with Crippen LogP contribution in [0.15, 0.2) is 33.7 Å². The van der Waals surface area contributed by atoms with Gasteiger partial charge in [0, 0.05) is 13.1 Å². The van der Waals surface area contributed by atoms with Crippen molar-refractivity contribution < 1.29 is 31.3 Å². The van der Waals surface area contributed by atoms with E-state index in [4.69, 9.17) is 9.26 Å². The van der Waals surface area contributed by atoms with Crippen molar-refractivity contribution in [2.45, 2.75) is 44.7 Å². The molecular weight excluding hydrogens is 446 g/mol. The fourth-order valence-electron chi connectivity index (χ4n) is 3.97. The van der Waals surface area contributed by atoms with Crippen molar-refractivity contribution in [1.82, 2.24) is 19.0 Å². The highest BCUT2D eigenvalue weighted by atomic mass is 32.2. The normalized spacial score (nSPS) is 16.2. The Kier molecular flexibility index (Phi) is 5.99. The lowest BCUT2D eigenvalue weighted by atomic mass is 9.98. The maximum Gasteiger partial charge on any atom is 0.320 e. The van der Waals surface area contributed by atoms with Gasteiger partial charge in [0.2, 0.25) is 10.0 Å². The molecule has 1 aromatic carbocycles. The van der Waals surface area contributed by atoms with Crippen molar-refractivity contribution in [3.63, 3.8) is 0 Å². The van der Waals surface area contributed by atoms with E-state index in [0.29, 0.717) is 5.52 Å². The molecule has 9 nitrogen and oxygen atoms in total. The summed E-state index contributed by atoms with van der Waals surface area (Å²) in [6, 6.07) is 6.44. The van der Waals surface area contributed by atoms with Gasteiger partial charge in [-0.2, -0.15) is 13.1 Å². The van der Waals surface area contributed by atoms with Crippen LogP contribution in [0.25, 0.3) is 11.0 Å². The molecule has 0 saturated carbocycles. The monoisotopic (exact) mass is 468 g/mol. The summed E-state index contributed by atoms with van der Waals surface area (Å²) in [5.74, 6) is -0.929. The van der Waals surface area contributed by atoms with E-state index < -0.39 is 35.1 Å². The number of piperidine rings is 1.